The van der Waals surface area contributed by atoms with E-state index in [0.29, 0.717) is 0 Å². The summed E-state index contributed by atoms with van der Waals surface area (Å²) in [6, 6.07) is 12.4. The molecule has 2 aromatic carbocycles. The lowest BCUT2D eigenvalue weighted by atomic mass is 10.1. The lowest BCUT2D eigenvalue weighted by Crippen LogP contribution is -2.33. The highest BCUT2D eigenvalue weighted by Crippen LogP contribution is 2.40. The maximum absolute atomic E-state index is 6.18. The molecule has 0 unspecified atom stereocenters. The number of benzene rings is 2. The van der Waals surface area contributed by atoms with Crippen LogP contribution in [0.2, 0.25) is 0 Å². The van der Waals surface area contributed by atoms with Crippen LogP contribution in [0.4, 0.5) is 5.69 Å². The molecule has 3 nitrogen and oxygen atoms in total. The van der Waals surface area contributed by atoms with Gasteiger partial charge in [-0.3, -0.25) is 0 Å². The Morgan fingerprint density at radius 1 is 1.09 bits per heavy atom. The molecular weight excluding hydrogens is 272 g/mol. The van der Waals surface area contributed by atoms with Crippen LogP contribution in [0, 0.1) is 0 Å². The Bertz CT molecular complexity index is 906. The van der Waals surface area contributed by atoms with E-state index in [2.05, 4.69) is 60.9 Å². The minimum atomic E-state index is 0.248. The minimum Gasteiger partial charge on any atom is -0.454 e. The predicted molar refractivity (Wildman–Crippen MR) is 92.7 cm³/mol. The van der Waals surface area contributed by atoms with Gasteiger partial charge in [0.15, 0.2) is 5.58 Å². The van der Waals surface area contributed by atoms with Crippen molar-refractivity contribution in [2.75, 3.05) is 11.9 Å². The van der Waals surface area contributed by atoms with Gasteiger partial charge in [0.1, 0.15) is 11.7 Å². The van der Waals surface area contributed by atoms with Gasteiger partial charge in [0, 0.05) is 35.8 Å². The molecule has 0 amide bonds. The number of fused-ring (bicyclic) bond motifs is 3. The molecule has 1 aliphatic rings. The molecule has 4 rings (SSSR count). The van der Waals surface area contributed by atoms with E-state index in [0.717, 1.165) is 33.2 Å². The SMILES string of the molecule is C=Cc1ccc2c(oc3ccccc32)c1N1C=CN(C)[C@H]1C. The van der Waals surface area contributed by atoms with Crippen LogP contribution in [0.15, 0.2) is 59.8 Å². The zero-order valence-electron chi connectivity index (χ0n) is 12.8. The molecule has 0 fully saturated rings. The van der Waals surface area contributed by atoms with Crippen molar-refractivity contribution < 1.29 is 4.42 Å². The summed E-state index contributed by atoms with van der Waals surface area (Å²) in [7, 11) is 2.08. The second-order valence-corrected chi connectivity index (χ2v) is 5.69. The summed E-state index contributed by atoms with van der Waals surface area (Å²) in [4.78, 5) is 4.41. The van der Waals surface area contributed by atoms with Gasteiger partial charge in [0.25, 0.3) is 0 Å². The monoisotopic (exact) mass is 290 g/mol. The maximum atomic E-state index is 6.18. The molecule has 3 aromatic rings. The molecule has 0 bridgehead atoms. The summed E-state index contributed by atoms with van der Waals surface area (Å²) < 4.78 is 6.18. The molecule has 0 radical (unpaired) electrons. The normalized spacial score (nSPS) is 17.8. The Labute approximate surface area is 129 Å². The molecule has 1 aromatic heterocycles. The number of rotatable bonds is 2. The van der Waals surface area contributed by atoms with Gasteiger partial charge < -0.3 is 14.2 Å². The van der Waals surface area contributed by atoms with E-state index in [1.165, 1.54) is 0 Å². The zero-order chi connectivity index (χ0) is 15.3. The minimum absolute atomic E-state index is 0.248. The lowest BCUT2D eigenvalue weighted by Gasteiger charge is -2.28. The molecule has 110 valence electrons. The van der Waals surface area contributed by atoms with E-state index in [9.17, 15) is 0 Å². The van der Waals surface area contributed by atoms with Crippen molar-refractivity contribution in [3.8, 4) is 0 Å². The summed E-state index contributed by atoms with van der Waals surface area (Å²) in [5.41, 5.74) is 4.00. The molecule has 3 heteroatoms. The van der Waals surface area contributed by atoms with Gasteiger partial charge >= 0.3 is 0 Å². The fourth-order valence-electron chi connectivity index (χ4n) is 3.10. The van der Waals surface area contributed by atoms with Crippen LogP contribution in [0.5, 0.6) is 0 Å². The van der Waals surface area contributed by atoms with E-state index in [1.54, 1.807) is 0 Å². The molecule has 0 aliphatic carbocycles. The third-order valence-corrected chi connectivity index (χ3v) is 4.48. The topological polar surface area (TPSA) is 19.6 Å². The summed E-state index contributed by atoms with van der Waals surface area (Å²) in [5, 5.41) is 2.30. The molecule has 22 heavy (non-hydrogen) atoms. The van der Waals surface area contributed by atoms with Gasteiger partial charge in [-0.25, -0.2) is 0 Å². The molecule has 0 N–H and O–H groups in total. The molecule has 2 heterocycles. The van der Waals surface area contributed by atoms with Gasteiger partial charge in [0.05, 0.1) is 5.69 Å². The quantitative estimate of drug-likeness (QED) is 0.676. The van der Waals surface area contributed by atoms with Crippen molar-refractivity contribution in [3.63, 3.8) is 0 Å². The van der Waals surface area contributed by atoms with Crippen molar-refractivity contribution in [2.24, 2.45) is 0 Å². The highest BCUT2D eigenvalue weighted by Gasteiger charge is 2.25. The summed E-state index contributed by atoms with van der Waals surface area (Å²) in [6.07, 6.45) is 6.32. The Morgan fingerprint density at radius 2 is 1.91 bits per heavy atom. The fourth-order valence-corrected chi connectivity index (χ4v) is 3.10. The molecular formula is C19H18N2O. The van der Waals surface area contributed by atoms with E-state index < -0.39 is 0 Å². The number of hydrogen-bond acceptors (Lipinski definition) is 3. The third-order valence-electron chi connectivity index (χ3n) is 4.48. The predicted octanol–water partition coefficient (Wildman–Crippen LogP) is 4.80. The van der Waals surface area contributed by atoms with E-state index in [1.807, 2.05) is 24.3 Å². The van der Waals surface area contributed by atoms with E-state index in [-0.39, 0.29) is 6.17 Å². The van der Waals surface area contributed by atoms with Crippen molar-refractivity contribution in [1.29, 1.82) is 0 Å². The van der Waals surface area contributed by atoms with Crippen LogP contribution >= 0.6 is 0 Å². The van der Waals surface area contributed by atoms with Gasteiger partial charge in [-0.15, -0.1) is 0 Å². The van der Waals surface area contributed by atoms with Crippen LogP contribution in [0.25, 0.3) is 28.0 Å². The highest BCUT2D eigenvalue weighted by atomic mass is 16.3. The Hall–Kier alpha value is -2.68. The van der Waals surface area contributed by atoms with Gasteiger partial charge in [0.2, 0.25) is 0 Å². The Balaban J connectivity index is 2.06. The van der Waals surface area contributed by atoms with Crippen molar-refractivity contribution in [2.45, 2.75) is 13.1 Å². The maximum Gasteiger partial charge on any atom is 0.159 e. The van der Waals surface area contributed by atoms with E-state index in [4.69, 9.17) is 4.42 Å². The molecule has 1 atom stereocenters. The Kier molecular flexibility index (Phi) is 2.76. The zero-order valence-corrected chi connectivity index (χ0v) is 12.8. The van der Waals surface area contributed by atoms with Crippen LogP contribution in [-0.2, 0) is 0 Å². The molecule has 0 saturated carbocycles. The van der Waals surface area contributed by atoms with Gasteiger partial charge in [-0.1, -0.05) is 36.9 Å². The largest absolute Gasteiger partial charge is 0.454 e. The van der Waals surface area contributed by atoms with E-state index >= 15 is 0 Å². The first-order valence-electron chi connectivity index (χ1n) is 7.46. The average Bonchev–Trinajstić information content (AvgIpc) is 3.08. The first-order chi connectivity index (χ1) is 10.7. The summed E-state index contributed by atoms with van der Waals surface area (Å²) in [5.74, 6) is 0. The second kappa shape index (κ2) is 4.67. The molecule has 0 spiro atoms. The highest BCUT2D eigenvalue weighted by molar-refractivity contribution is 6.10. The molecule has 0 saturated heterocycles. The number of nitrogens with zero attached hydrogens (tertiary/aromatic N) is 2. The third kappa shape index (κ3) is 1.69. The van der Waals surface area contributed by atoms with Crippen LogP contribution in [-0.4, -0.2) is 18.1 Å². The van der Waals surface area contributed by atoms with Crippen LogP contribution in [0.1, 0.15) is 12.5 Å². The van der Waals surface area contributed by atoms with Crippen LogP contribution < -0.4 is 4.90 Å². The smallest absolute Gasteiger partial charge is 0.159 e. The fraction of sp³-hybridized carbons (Fsp3) is 0.158. The van der Waals surface area contributed by atoms with Gasteiger partial charge in [-0.05, 0) is 19.1 Å². The Morgan fingerprint density at radius 3 is 2.64 bits per heavy atom. The van der Waals surface area contributed by atoms with Crippen molar-refractivity contribution in [3.05, 3.63) is 60.9 Å². The average molecular weight is 290 g/mol. The van der Waals surface area contributed by atoms with Crippen molar-refractivity contribution >= 4 is 33.7 Å². The second-order valence-electron chi connectivity index (χ2n) is 5.69. The molecule has 1 aliphatic heterocycles. The number of hydrogen-bond donors (Lipinski definition) is 0. The summed E-state index contributed by atoms with van der Waals surface area (Å²) >= 11 is 0. The first-order valence-corrected chi connectivity index (χ1v) is 7.46. The van der Waals surface area contributed by atoms with Crippen LogP contribution in [0.3, 0.4) is 0 Å². The number of furan rings is 1. The number of anilines is 1. The van der Waals surface area contributed by atoms with Crippen molar-refractivity contribution in [1.82, 2.24) is 4.90 Å². The number of para-hydroxylation sites is 1. The van der Waals surface area contributed by atoms with Gasteiger partial charge in [-0.2, -0.15) is 0 Å². The summed E-state index contributed by atoms with van der Waals surface area (Å²) in [6.45, 7) is 6.14. The standard InChI is InChI=1S/C19H18N2O/c1-4-14-9-10-16-15-7-5-6-8-17(15)22-19(16)18(14)21-12-11-20(3)13(21)2/h4-13H,1H2,2-3H3/t13-/m1/s1. The lowest BCUT2D eigenvalue weighted by molar-refractivity contribution is 0.383. The first kappa shape index (κ1) is 13.0.